The van der Waals surface area contributed by atoms with Gasteiger partial charge in [0, 0.05) is 16.9 Å². The van der Waals surface area contributed by atoms with Crippen molar-refractivity contribution < 1.29 is 18.3 Å². The van der Waals surface area contributed by atoms with Crippen LogP contribution in [0.2, 0.25) is 0 Å². The van der Waals surface area contributed by atoms with Crippen molar-refractivity contribution in [2.24, 2.45) is 0 Å². The molecule has 0 saturated heterocycles. The Balaban J connectivity index is 1.26. The molecule has 0 bridgehead atoms. The van der Waals surface area contributed by atoms with Gasteiger partial charge in [-0.1, -0.05) is 48.2 Å². The van der Waals surface area contributed by atoms with Crippen LogP contribution in [0.5, 0.6) is 11.5 Å². The molecule has 0 atom stereocenters. The third kappa shape index (κ3) is 4.50. The maximum absolute atomic E-state index is 13.2. The normalized spacial score (nSPS) is 12.3. The van der Waals surface area contributed by atoms with Gasteiger partial charge in [0.15, 0.2) is 22.5 Å². The molecule has 0 spiro atoms. The molecule has 0 aliphatic carbocycles. The molecule has 0 fully saturated rings. The van der Waals surface area contributed by atoms with Crippen LogP contribution in [0, 0.1) is 5.82 Å². The quantitative estimate of drug-likeness (QED) is 0.269. The lowest BCUT2D eigenvalue weighted by Crippen LogP contribution is -2.04. The second-order valence-corrected chi connectivity index (χ2v) is 8.83. The van der Waals surface area contributed by atoms with Crippen LogP contribution in [-0.2, 0) is 12.3 Å². The van der Waals surface area contributed by atoms with Gasteiger partial charge in [0.1, 0.15) is 12.1 Å². The summed E-state index contributed by atoms with van der Waals surface area (Å²) >= 11 is 1.52. The Morgan fingerprint density at radius 1 is 0.886 bits per heavy atom. The molecule has 5 aromatic rings. The van der Waals surface area contributed by atoms with Gasteiger partial charge < -0.3 is 13.9 Å². The van der Waals surface area contributed by atoms with Crippen molar-refractivity contribution >= 4 is 11.8 Å². The second kappa shape index (κ2) is 9.27. The summed E-state index contributed by atoms with van der Waals surface area (Å²) in [6.45, 7) is 0.801. The van der Waals surface area contributed by atoms with E-state index in [9.17, 15) is 4.39 Å². The topological polar surface area (TPSA) is 75.2 Å². The van der Waals surface area contributed by atoms with Gasteiger partial charge in [-0.3, -0.25) is 4.57 Å². The Bertz CT molecular complexity index is 1470. The molecule has 174 valence electrons. The molecule has 0 amide bonds. The summed E-state index contributed by atoms with van der Waals surface area (Å²) in [5.74, 6) is 2.96. The first-order chi connectivity index (χ1) is 17.2. The van der Waals surface area contributed by atoms with Crippen LogP contribution in [0.25, 0.3) is 22.8 Å². The summed E-state index contributed by atoms with van der Waals surface area (Å²) in [7, 11) is 0. The third-order valence-electron chi connectivity index (χ3n) is 5.52. The van der Waals surface area contributed by atoms with E-state index in [1.165, 1.54) is 23.9 Å². The van der Waals surface area contributed by atoms with Gasteiger partial charge in [0.25, 0.3) is 0 Å². The summed E-state index contributed by atoms with van der Waals surface area (Å²) in [5, 5.41) is 9.71. The number of fused-ring (bicyclic) bond motifs is 1. The first-order valence-corrected chi connectivity index (χ1v) is 11.9. The lowest BCUT2D eigenvalue weighted by atomic mass is 10.2. The highest BCUT2D eigenvalue weighted by Gasteiger charge is 2.18. The van der Waals surface area contributed by atoms with Gasteiger partial charge in [0.05, 0.1) is 12.2 Å². The molecule has 35 heavy (non-hydrogen) atoms. The van der Waals surface area contributed by atoms with Gasteiger partial charge in [-0.25, -0.2) is 9.37 Å². The molecule has 6 rings (SSSR count). The fourth-order valence-corrected chi connectivity index (χ4v) is 4.61. The zero-order valence-corrected chi connectivity index (χ0v) is 19.2. The van der Waals surface area contributed by atoms with E-state index in [2.05, 4.69) is 19.7 Å². The SMILES string of the molecule is Fc1ccc(-c2nc(CSc3nnc(-c4ccccc4)n3Cc3ccc4c(c3)OCO4)co2)cc1. The number of thioether (sulfide) groups is 1. The van der Waals surface area contributed by atoms with Crippen molar-refractivity contribution in [1.29, 1.82) is 0 Å². The van der Waals surface area contributed by atoms with Crippen LogP contribution in [0.4, 0.5) is 4.39 Å². The van der Waals surface area contributed by atoms with Crippen molar-refractivity contribution in [2.75, 3.05) is 6.79 Å². The fourth-order valence-electron chi connectivity index (χ4n) is 3.80. The van der Waals surface area contributed by atoms with E-state index in [1.54, 1.807) is 18.4 Å². The highest BCUT2D eigenvalue weighted by atomic mass is 32.2. The van der Waals surface area contributed by atoms with E-state index in [-0.39, 0.29) is 12.6 Å². The molecule has 3 aromatic carbocycles. The van der Waals surface area contributed by atoms with E-state index < -0.39 is 0 Å². The first kappa shape index (κ1) is 21.4. The molecule has 0 saturated carbocycles. The van der Waals surface area contributed by atoms with Crippen molar-refractivity contribution in [2.45, 2.75) is 17.5 Å². The largest absolute Gasteiger partial charge is 0.454 e. The molecule has 9 heteroatoms. The number of hydrogen-bond acceptors (Lipinski definition) is 7. The Morgan fingerprint density at radius 3 is 2.57 bits per heavy atom. The van der Waals surface area contributed by atoms with Crippen LogP contribution in [0.3, 0.4) is 0 Å². The molecule has 2 aromatic heterocycles. The molecule has 1 aliphatic heterocycles. The molecule has 1 aliphatic rings. The summed E-state index contributed by atoms with van der Waals surface area (Å²) in [5.41, 5.74) is 3.51. The predicted octanol–water partition coefficient (Wildman–Crippen LogP) is 5.81. The van der Waals surface area contributed by atoms with Gasteiger partial charge >= 0.3 is 0 Å². The number of aromatic nitrogens is 4. The standard InChI is InChI=1S/C26H19FN4O3S/c27-20-9-7-19(8-10-20)25-28-21(14-32-25)15-35-26-30-29-24(18-4-2-1-3-5-18)31(26)13-17-6-11-22-23(12-17)34-16-33-22/h1-12,14H,13,15-16H2. The minimum atomic E-state index is -0.299. The van der Waals surface area contributed by atoms with Crippen LogP contribution < -0.4 is 9.47 Å². The molecular weight excluding hydrogens is 467 g/mol. The average molecular weight is 487 g/mol. The lowest BCUT2D eigenvalue weighted by Gasteiger charge is -2.11. The predicted molar refractivity (Wildman–Crippen MR) is 129 cm³/mol. The number of halogens is 1. The summed E-state index contributed by atoms with van der Waals surface area (Å²) < 4.78 is 31.9. The molecule has 0 unspecified atom stereocenters. The minimum absolute atomic E-state index is 0.236. The van der Waals surface area contributed by atoms with E-state index >= 15 is 0 Å². The molecule has 0 N–H and O–H groups in total. The van der Waals surface area contributed by atoms with E-state index in [0.29, 0.717) is 18.2 Å². The maximum atomic E-state index is 13.2. The van der Waals surface area contributed by atoms with Gasteiger partial charge in [-0.15, -0.1) is 10.2 Å². The van der Waals surface area contributed by atoms with Crippen molar-refractivity contribution in [3.05, 3.63) is 96.1 Å². The minimum Gasteiger partial charge on any atom is -0.454 e. The number of benzene rings is 3. The highest BCUT2D eigenvalue weighted by Crippen LogP contribution is 2.34. The molecule has 7 nitrogen and oxygen atoms in total. The fraction of sp³-hybridized carbons (Fsp3) is 0.115. The van der Waals surface area contributed by atoms with Gasteiger partial charge in [0.2, 0.25) is 12.7 Å². The zero-order chi connectivity index (χ0) is 23.6. The van der Waals surface area contributed by atoms with E-state index in [1.807, 2.05) is 48.5 Å². The van der Waals surface area contributed by atoms with Gasteiger partial charge in [-0.2, -0.15) is 0 Å². The van der Waals surface area contributed by atoms with Crippen LogP contribution >= 0.6 is 11.8 Å². The Labute approximate surface area is 204 Å². The van der Waals surface area contributed by atoms with Gasteiger partial charge in [-0.05, 0) is 42.0 Å². The summed E-state index contributed by atoms with van der Waals surface area (Å²) in [6, 6.07) is 21.9. The van der Waals surface area contributed by atoms with E-state index in [0.717, 1.165) is 44.9 Å². The third-order valence-corrected chi connectivity index (χ3v) is 6.52. The zero-order valence-electron chi connectivity index (χ0n) is 18.4. The Kier molecular flexibility index (Phi) is 5.67. The smallest absolute Gasteiger partial charge is 0.231 e. The van der Waals surface area contributed by atoms with Crippen LogP contribution in [-0.4, -0.2) is 26.5 Å². The Morgan fingerprint density at radius 2 is 1.71 bits per heavy atom. The van der Waals surface area contributed by atoms with Crippen molar-refractivity contribution in [3.8, 4) is 34.3 Å². The second-order valence-electron chi connectivity index (χ2n) is 7.89. The van der Waals surface area contributed by atoms with Crippen LogP contribution in [0.15, 0.2) is 88.6 Å². The molecular formula is C26H19FN4O3S. The first-order valence-electron chi connectivity index (χ1n) is 10.9. The number of hydrogen-bond donors (Lipinski definition) is 0. The number of ether oxygens (including phenoxy) is 2. The summed E-state index contributed by atoms with van der Waals surface area (Å²) in [6.07, 6.45) is 1.61. The molecule has 0 radical (unpaired) electrons. The van der Waals surface area contributed by atoms with Crippen molar-refractivity contribution in [1.82, 2.24) is 19.7 Å². The average Bonchev–Trinajstić information content (AvgIpc) is 3.64. The lowest BCUT2D eigenvalue weighted by molar-refractivity contribution is 0.174. The highest BCUT2D eigenvalue weighted by molar-refractivity contribution is 7.98. The van der Waals surface area contributed by atoms with E-state index in [4.69, 9.17) is 13.9 Å². The number of nitrogens with zero attached hydrogens (tertiary/aromatic N) is 4. The maximum Gasteiger partial charge on any atom is 0.231 e. The Hall–Kier alpha value is -4.11. The molecule has 3 heterocycles. The number of oxazole rings is 1. The van der Waals surface area contributed by atoms with Crippen molar-refractivity contribution in [3.63, 3.8) is 0 Å². The summed E-state index contributed by atoms with van der Waals surface area (Å²) in [4.78, 5) is 4.55. The number of rotatable bonds is 7. The monoisotopic (exact) mass is 486 g/mol. The van der Waals surface area contributed by atoms with Crippen LogP contribution in [0.1, 0.15) is 11.3 Å².